The first-order chi connectivity index (χ1) is 8.49. The Morgan fingerprint density at radius 3 is 2.89 bits per heavy atom. The van der Waals surface area contributed by atoms with Gasteiger partial charge in [0.05, 0.1) is 16.5 Å². The van der Waals surface area contributed by atoms with Gasteiger partial charge < -0.3 is 5.11 Å². The summed E-state index contributed by atoms with van der Waals surface area (Å²) in [6.07, 6.45) is 0.827. The number of halogens is 1. The van der Waals surface area contributed by atoms with Crippen molar-refractivity contribution < 1.29 is 10.0 Å². The van der Waals surface area contributed by atoms with Crippen LogP contribution in [0.4, 0.5) is 5.69 Å². The van der Waals surface area contributed by atoms with Crippen LogP contribution in [0.15, 0.2) is 28.9 Å². The molecule has 0 aliphatic carbocycles. The molecule has 1 unspecified atom stereocenters. The molecule has 0 aliphatic rings. The highest BCUT2D eigenvalue weighted by Gasteiger charge is 2.19. The van der Waals surface area contributed by atoms with E-state index in [1.807, 2.05) is 6.07 Å². The summed E-state index contributed by atoms with van der Waals surface area (Å²) >= 11 is 3.33. The lowest BCUT2D eigenvalue weighted by molar-refractivity contribution is -0.385. The molecule has 5 nitrogen and oxygen atoms in total. The lowest BCUT2D eigenvalue weighted by atomic mass is 10.0. The first-order valence-electron chi connectivity index (χ1n) is 5.38. The van der Waals surface area contributed by atoms with Crippen molar-refractivity contribution in [1.29, 1.82) is 0 Å². The minimum Gasteiger partial charge on any atom is -0.393 e. The van der Waals surface area contributed by atoms with Crippen molar-refractivity contribution in [3.63, 3.8) is 0 Å². The monoisotopic (exact) mass is 310 g/mol. The molecule has 0 spiro atoms. The zero-order valence-electron chi connectivity index (χ0n) is 9.63. The largest absolute Gasteiger partial charge is 0.393 e. The number of fused-ring (bicyclic) bond motifs is 1. The quantitative estimate of drug-likeness (QED) is 0.698. The number of hydrogen-bond donors (Lipinski definition) is 1. The number of nitrogens with zero attached hydrogens (tertiary/aromatic N) is 2. The smallest absolute Gasteiger partial charge is 0.291 e. The van der Waals surface area contributed by atoms with Crippen LogP contribution in [0.5, 0.6) is 0 Å². The lowest BCUT2D eigenvalue weighted by Gasteiger charge is -2.09. The molecule has 2 rings (SSSR count). The first-order valence-corrected chi connectivity index (χ1v) is 6.18. The van der Waals surface area contributed by atoms with E-state index in [0.717, 1.165) is 4.47 Å². The second kappa shape index (κ2) is 4.99. The molecule has 0 radical (unpaired) electrons. The van der Waals surface area contributed by atoms with Gasteiger partial charge in [0, 0.05) is 21.8 Å². The van der Waals surface area contributed by atoms with E-state index < -0.39 is 11.0 Å². The molecule has 0 amide bonds. The molecule has 1 heterocycles. The van der Waals surface area contributed by atoms with E-state index in [1.165, 1.54) is 6.20 Å². The molecule has 1 aromatic heterocycles. The third kappa shape index (κ3) is 2.49. The van der Waals surface area contributed by atoms with Crippen LogP contribution in [-0.4, -0.2) is 21.1 Å². The Bertz CT molecular complexity index is 614. The highest BCUT2D eigenvalue weighted by atomic mass is 79.9. The predicted octanol–water partition coefficient (Wildman–Crippen LogP) is 2.83. The van der Waals surface area contributed by atoms with Crippen LogP contribution >= 0.6 is 15.9 Å². The Morgan fingerprint density at radius 1 is 1.56 bits per heavy atom. The van der Waals surface area contributed by atoms with Crippen LogP contribution < -0.4 is 0 Å². The fraction of sp³-hybridized carbons (Fsp3) is 0.250. The van der Waals surface area contributed by atoms with E-state index in [-0.39, 0.29) is 12.1 Å². The summed E-state index contributed by atoms with van der Waals surface area (Å²) in [7, 11) is 0. The number of nitro groups is 1. The summed E-state index contributed by atoms with van der Waals surface area (Å²) in [5, 5.41) is 21.2. The van der Waals surface area contributed by atoms with Gasteiger partial charge in [-0.25, -0.2) is 4.98 Å². The molecule has 0 saturated heterocycles. The Hall–Kier alpha value is -1.53. The van der Waals surface area contributed by atoms with Gasteiger partial charge in [0.15, 0.2) is 0 Å². The Balaban J connectivity index is 2.74. The first kappa shape index (κ1) is 12.9. The topological polar surface area (TPSA) is 76.3 Å². The summed E-state index contributed by atoms with van der Waals surface area (Å²) in [6, 6.07) is 5.40. The molecule has 0 bridgehead atoms. The fourth-order valence-electron chi connectivity index (χ4n) is 1.88. The molecule has 1 atom stereocenters. The minimum absolute atomic E-state index is 0.0542. The summed E-state index contributed by atoms with van der Waals surface area (Å²) in [5.41, 5.74) is 1.14. The van der Waals surface area contributed by atoms with Gasteiger partial charge in [0.1, 0.15) is 6.20 Å². The van der Waals surface area contributed by atoms with Gasteiger partial charge >= 0.3 is 0 Å². The van der Waals surface area contributed by atoms with Crippen molar-refractivity contribution in [2.24, 2.45) is 0 Å². The highest BCUT2D eigenvalue weighted by molar-refractivity contribution is 9.10. The number of aliphatic hydroxyl groups excluding tert-OH is 1. The second-order valence-corrected chi connectivity index (χ2v) is 5.01. The normalized spacial score (nSPS) is 12.6. The zero-order valence-corrected chi connectivity index (χ0v) is 11.2. The van der Waals surface area contributed by atoms with Crippen LogP contribution in [0.25, 0.3) is 10.9 Å². The van der Waals surface area contributed by atoms with Crippen LogP contribution in [0.1, 0.15) is 12.5 Å². The summed E-state index contributed by atoms with van der Waals surface area (Å²) in [6.45, 7) is 1.61. The van der Waals surface area contributed by atoms with Crippen LogP contribution in [0, 0.1) is 10.1 Å². The van der Waals surface area contributed by atoms with E-state index in [0.29, 0.717) is 16.5 Å². The number of aromatic nitrogens is 1. The number of benzene rings is 1. The van der Waals surface area contributed by atoms with Crippen molar-refractivity contribution in [3.8, 4) is 0 Å². The van der Waals surface area contributed by atoms with E-state index in [1.54, 1.807) is 19.1 Å². The molecule has 18 heavy (non-hydrogen) atoms. The molecular formula is C12H11BrN2O3. The van der Waals surface area contributed by atoms with Gasteiger partial charge in [-0.05, 0) is 25.1 Å². The van der Waals surface area contributed by atoms with Gasteiger partial charge in [-0.2, -0.15) is 0 Å². The summed E-state index contributed by atoms with van der Waals surface area (Å²) in [4.78, 5) is 14.6. The van der Waals surface area contributed by atoms with Crippen LogP contribution in [0.3, 0.4) is 0 Å². The maximum atomic E-state index is 11.0. The lowest BCUT2D eigenvalue weighted by Crippen LogP contribution is -2.08. The van der Waals surface area contributed by atoms with Crippen molar-refractivity contribution in [2.75, 3.05) is 0 Å². The van der Waals surface area contributed by atoms with E-state index in [4.69, 9.17) is 0 Å². The molecule has 1 N–H and O–H groups in total. The van der Waals surface area contributed by atoms with Crippen molar-refractivity contribution in [1.82, 2.24) is 4.98 Å². The average molecular weight is 311 g/mol. The van der Waals surface area contributed by atoms with E-state index >= 15 is 0 Å². The van der Waals surface area contributed by atoms with Crippen molar-refractivity contribution in [2.45, 2.75) is 19.4 Å². The fourth-order valence-corrected chi connectivity index (χ4v) is 2.24. The maximum Gasteiger partial charge on any atom is 0.291 e. The van der Waals surface area contributed by atoms with Gasteiger partial charge in [0.2, 0.25) is 0 Å². The average Bonchev–Trinajstić information content (AvgIpc) is 2.28. The number of hydrogen-bond acceptors (Lipinski definition) is 4. The summed E-state index contributed by atoms with van der Waals surface area (Å²) < 4.78 is 0.823. The SMILES string of the molecule is CC(O)Cc1c([N+](=O)[O-])cnc2ccc(Br)cc12. The molecule has 0 fully saturated rings. The van der Waals surface area contributed by atoms with Crippen molar-refractivity contribution in [3.05, 3.63) is 44.5 Å². The molecule has 94 valence electrons. The van der Waals surface area contributed by atoms with Gasteiger partial charge in [-0.3, -0.25) is 10.1 Å². The molecular weight excluding hydrogens is 300 g/mol. The Labute approximate surface area is 112 Å². The van der Waals surface area contributed by atoms with Gasteiger partial charge in [0.25, 0.3) is 5.69 Å². The van der Waals surface area contributed by atoms with E-state index in [2.05, 4.69) is 20.9 Å². The van der Waals surface area contributed by atoms with E-state index in [9.17, 15) is 15.2 Å². The molecule has 0 saturated carbocycles. The second-order valence-electron chi connectivity index (χ2n) is 4.09. The minimum atomic E-state index is -0.645. The molecule has 2 aromatic rings. The Kier molecular flexibility index (Phi) is 3.58. The van der Waals surface area contributed by atoms with Crippen LogP contribution in [0.2, 0.25) is 0 Å². The third-order valence-electron chi connectivity index (χ3n) is 2.62. The maximum absolute atomic E-state index is 11.0. The summed E-state index contributed by atoms with van der Waals surface area (Å²) in [5.74, 6) is 0. The predicted molar refractivity (Wildman–Crippen MR) is 71.5 cm³/mol. The molecule has 1 aromatic carbocycles. The molecule has 0 aliphatic heterocycles. The van der Waals surface area contributed by atoms with Gasteiger partial charge in [-0.15, -0.1) is 0 Å². The third-order valence-corrected chi connectivity index (χ3v) is 3.11. The number of rotatable bonds is 3. The standard InChI is InChI=1S/C12H11BrN2O3/c1-7(16)4-10-9-5-8(13)2-3-11(9)14-6-12(10)15(17)18/h2-3,5-7,16H,4H2,1H3. The molecule has 6 heteroatoms. The van der Waals surface area contributed by atoms with Gasteiger partial charge in [-0.1, -0.05) is 15.9 Å². The van der Waals surface area contributed by atoms with Crippen molar-refractivity contribution >= 4 is 32.5 Å². The Morgan fingerprint density at radius 2 is 2.28 bits per heavy atom. The zero-order chi connectivity index (χ0) is 13.3. The number of aliphatic hydroxyl groups is 1. The number of pyridine rings is 1. The van der Waals surface area contributed by atoms with Crippen LogP contribution in [-0.2, 0) is 6.42 Å². The highest BCUT2D eigenvalue weighted by Crippen LogP contribution is 2.29.